The zero-order chi connectivity index (χ0) is 57.0. The molecule has 424 valence electrons. The predicted octanol–water partition coefficient (Wildman–Crippen LogP) is 4.25. The Labute approximate surface area is 469 Å². The van der Waals surface area contributed by atoms with Gasteiger partial charge in [0.2, 0.25) is 35.4 Å². The number of piperidine rings is 1. The number of aryl methyl sites for hydroxylation is 2. The van der Waals surface area contributed by atoms with Gasteiger partial charge in [-0.1, -0.05) is 84.9 Å². The Hall–Kier alpha value is -7.96. The molecule has 0 radical (unpaired) electrons. The summed E-state index contributed by atoms with van der Waals surface area (Å²) in [5, 5.41) is 24.5. The van der Waals surface area contributed by atoms with Crippen LogP contribution in [0.4, 0.5) is 0 Å². The van der Waals surface area contributed by atoms with Crippen LogP contribution in [0, 0.1) is 19.8 Å². The number of phenols is 1. The third-order valence-corrected chi connectivity index (χ3v) is 15.3. The number of fused-ring (bicyclic) bond motifs is 1. The van der Waals surface area contributed by atoms with Crippen LogP contribution in [0.5, 0.6) is 5.75 Å². The molecule has 5 aromatic rings. The van der Waals surface area contributed by atoms with Crippen LogP contribution in [-0.2, 0) is 61.0 Å². The number of likely N-dealkylation sites (tertiary alicyclic amines) is 1. The van der Waals surface area contributed by atoms with Crippen molar-refractivity contribution in [2.45, 2.75) is 128 Å². The van der Waals surface area contributed by atoms with Gasteiger partial charge in [0.25, 0.3) is 5.91 Å². The number of unbranched alkanes of at least 4 members (excludes halogenated alkanes) is 1. The number of pyridine rings is 1. The number of rotatable bonds is 27. The van der Waals surface area contributed by atoms with Gasteiger partial charge in [-0.3, -0.25) is 38.5 Å². The molecule has 0 bridgehead atoms. The minimum Gasteiger partial charge on any atom is -0.508 e. The molecule has 0 unspecified atom stereocenters. The number of carbonyl (C=O) groups excluding carboxylic acids is 7. The molecule has 2 aliphatic rings. The monoisotopic (exact) mass is 1090 g/mol. The average molecular weight is 1090 g/mol. The Balaban J connectivity index is 1.01. The SMILES string of the molecule is Cc1cc(O)cc(C)c1C[C@H](N)C(=O)N[C@H](CCCCNC(=O)c1cccnc1)C(=O)N[C@H]1Cc2ccccc2CN(CCC(=O)N[C@@H](CCCN2CCC(Cc3ccccc3)CC2)C(=O)N[C@@H](Cc2ccccc2)C(N)=O)C1=O. The van der Waals surface area contributed by atoms with Gasteiger partial charge in [-0.2, -0.15) is 0 Å². The summed E-state index contributed by atoms with van der Waals surface area (Å²) < 4.78 is 0. The second kappa shape index (κ2) is 29.9. The second-order valence-electron chi connectivity index (χ2n) is 21.4. The number of aromatic nitrogens is 1. The molecule has 7 rings (SSSR count). The van der Waals surface area contributed by atoms with Gasteiger partial charge in [0, 0.05) is 51.3 Å². The van der Waals surface area contributed by atoms with Crippen LogP contribution in [0.1, 0.15) is 101 Å². The van der Waals surface area contributed by atoms with Gasteiger partial charge in [0.15, 0.2) is 0 Å². The van der Waals surface area contributed by atoms with E-state index in [0.29, 0.717) is 37.2 Å². The van der Waals surface area contributed by atoms with Crippen molar-refractivity contribution in [2.24, 2.45) is 17.4 Å². The molecule has 1 fully saturated rings. The van der Waals surface area contributed by atoms with Crippen LogP contribution in [-0.4, -0.2) is 124 Å². The van der Waals surface area contributed by atoms with Crippen molar-refractivity contribution in [1.29, 1.82) is 0 Å². The topological polar surface area (TPSA) is 271 Å². The minimum absolute atomic E-state index is 0.0502. The van der Waals surface area contributed by atoms with E-state index >= 15 is 0 Å². The van der Waals surface area contributed by atoms with E-state index in [2.05, 4.69) is 60.7 Å². The molecule has 0 spiro atoms. The molecule has 80 heavy (non-hydrogen) atoms. The molecule has 10 N–H and O–H groups in total. The highest BCUT2D eigenvalue weighted by Crippen LogP contribution is 2.25. The van der Waals surface area contributed by atoms with Gasteiger partial charge in [-0.05, 0) is 160 Å². The minimum atomic E-state index is -1.12. The van der Waals surface area contributed by atoms with Gasteiger partial charge in [-0.15, -0.1) is 0 Å². The molecule has 5 atom stereocenters. The Morgan fingerprint density at radius 1 is 0.713 bits per heavy atom. The molecule has 18 heteroatoms. The fraction of sp³-hybridized carbons (Fsp3) is 0.419. The fourth-order valence-corrected chi connectivity index (χ4v) is 10.7. The van der Waals surface area contributed by atoms with Crippen LogP contribution in [0.3, 0.4) is 0 Å². The van der Waals surface area contributed by atoms with Crippen LogP contribution >= 0.6 is 0 Å². The summed E-state index contributed by atoms with van der Waals surface area (Å²) in [5.41, 5.74) is 18.8. The fourth-order valence-electron chi connectivity index (χ4n) is 10.7. The molecule has 2 aliphatic heterocycles. The Morgan fingerprint density at radius 3 is 2.02 bits per heavy atom. The van der Waals surface area contributed by atoms with Crippen molar-refractivity contribution in [3.05, 3.63) is 166 Å². The van der Waals surface area contributed by atoms with Crippen LogP contribution in [0.2, 0.25) is 0 Å². The summed E-state index contributed by atoms with van der Waals surface area (Å²) in [4.78, 5) is 104. The van der Waals surface area contributed by atoms with Crippen molar-refractivity contribution in [2.75, 3.05) is 32.7 Å². The number of nitrogens with zero attached hydrogens (tertiary/aromatic N) is 3. The number of amides is 7. The number of nitrogens with two attached hydrogens (primary N) is 2. The quantitative estimate of drug-likeness (QED) is 0.0345. The highest BCUT2D eigenvalue weighted by atomic mass is 16.3. The highest BCUT2D eigenvalue weighted by Gasteiger charge is 2.34. The first kappa shape index (κ1) is 59.7. The van der Waals surface area contributed by atoms with Gasteiger partial charge in [-0.25, -0.2) is 0 Å². The lowest BCUT2D eigenvalue weighted by molar-refractivity contribution is -0.138. The van der Waals surface area contributed by atoms with E-state index in [1.54, 1.807) is 30.5 Å². The third-order valence-electron chi connectivity index (χ3n) is 15.3. The maximum atomic E-state index is 14.7. The summed E-state index contributed by atoms with van der Waals surface area (Å²) in [6.45, 7) is 6.60. The van der Waals surface area contributed by atoms with Crippen molar-refractivity contribution in [1.82, 2.24) is 41.4 Å². The van der Waals surface area contributed by atoms with E-state index in [1.165, 1.54) is 16.7 Å². The predicted molar refractivity (Wildman–Crippen MR) is 305 cm³/mol. The molecule has 18 nitrogen and oxygen atoms in total. The Kier molecular flexibility index (Phi) is 22.3. The lowest BCUT2D eigenvalue weighted by Gasteiger charge is -2.32. The van der Waals surface area contributed by atoms with Crippen LogP contribution in [0.15, 0.2) is 122 Å². The number of primary amides is 1. The number of carbonyl (C=O) groups is 7. The van der Waals surface area contributed by atoms with E-state index in [9.17, 15) is 38.7 Å². The number of benzene rings is 4. The second-order valence-corrected chi connectivity index (χ2v) is 21.4. The first-order valence-electron chi connectivity index (χ1n) is 28.0. The zero-order valence-electron chi connectivity index (χ0n) is 46.0. The largest absolute Gasteiger partial charge is 0.508 e. The number of hydrogen-bond acceptors (Lipinski definition) is 11. The van der Waals surface area contributed by atoms with Crippen molar-refractivity contribution in [3.8, 4) is 5.75 Å². The lowest BCUT2D eigenvalue weighted by atomic mass is 9.90. The van der Waals surface area contributed by atoms with E-state index in [-0.39, 0.29) is 63.4 Å². The summed E-state index contributed by atoms with van der Waals surface area (Å²) in [7, 11) is 0. The molecular formula is C62H78N10O8. The number of hydrogen-bond donors (Lipinski definition) is 8. The maximum Gasteiger partial charge on any atom is 0.252 e. The molecule has 0 aliphatic carbocycles. The van der Waals surface area contributed by atoms with Crippen molar-refractivity contribution in [3.63, 3.8) is 0 Å². The van der Waals surface area contributed by atoms with Crippen molar-refractivity contribution >= 4 is 41.4 Å². The first-order valence-corrected chi connectivity index (χ1v) is 28.0. The summed E-state index contributed by atoms with van der Waals surface area (Å²) in [6, 6.07) is 28.4. The summed E-state index contributed by atoms with van der Waals surface area (Å²) >= 11 is 0. The van der Waals surface area contributed by atoms with Gasteiger partial charge >= 0.3 is 0 Å². The number of aromatic hydroxyl groups is 1. The Morgan fingerprint density at radius 2 is 1.35 bits per heavy atom. The standard InChI is InChI=1S/C62H78N10O8/c1-41-33-49(73)34-42(2)50(41)38-51(63)59(77)68-53(22-11-12-28-66-58(76)47-21-13-27-65-39-47)61(79)70-55-37-46-19-9-10-20-48(46)40-72(62(55)80)32-26-56(74)67-52(60(78)69-54(57(64)75)36-44-17-7-4-8-18-44)23-14-29-71-30-24-45(25-31-71)35-43-15-5-3-6-16-43/h3-10,13,15-21,27,33-34,39,45,51-55,73H,11-12,14,22-26,28-32,35-38,40,63H2,1-2H3,(H2,64,75)(H,66,76)(H,67,74)(H,68,77)(H,69,78)(H,70,79)/t51-,52-,53+,54-,55-/m0/s1. The van der Waals surface area contributed by atoms with Gasteiger partial charge < -0.3 is 53.0 Å². The lowest BCUT2D eigenvalue weighted by Crippen LogP contribution is -2.56. The van der Waals surface area contributed by atoms with E-state index in [4.69, 9.17) is 11.5 Å². The smallest absolute Gasteiger partial charge is 0.252 e. The number of nitrogens with one attached hydrogen (secondary N) is 5. The third kappa shape index (κ3) is 18.0. The van der Waals surface area contributed by atoms with E-state index < -0.39 is 65.7 Å². The maximum absolute atomic E-state index is 14.7. The van der Waals surface area contributed by atoms with Crippen molar-refractivity contribution < 1.29 is 38.7 Å². The zero-order valence-corrected chi connectivity index (χ0v) is 46.0. The molecule has 7 amide bonds. The molecule has 4 aromatic carbocycles. The van der Waals surface area contributed by atoms with Gasteiger partial charge in [0.1, 0.15) is 29.9 Å². The van der Waals surface area contributed by atoms with Crippen LogP contribution < -0.4 is 38.1 Å². The van der Waals surface area contributed by atoms with Crippen LogP contribution in [0.25, 0.3) is 0 Å². The molecule has 1 aromatic heterocycles. The van der Waals surface area contributed by atoms with E-state index in [1.807, 2.05) is 74.5 Å². The summed E-state index contributed by atoms with van der Waals surface area (Å²) in [6.07, 6.45) is 8.38. The Bertz CT molecular complexity index is 2860. The molecule has 3 heterocycles. The molecule has 0 saturated carbocycles. The molecular weight excluding hydrogens is 1010 g/mol. The van der Waals surface area contributed by atoms with Gasteiger partial charge in [0.05, 0.1) is 11.6 Å². The number of phenolic OH excluding ortho intramolecular Hbond substituents is 1. The molecule has 1 saturated heterocycles. The summed E-state index contributed by atoms with van der Waals surface area (Å²) in [5.74, 6) is -2.96. The average Bonchev–Trinajstić information content (AvgIpc) is 3.59. The van der Waals surface area contributed by atoms with E-state index in [0.717, 1.165) is 72.3 Å². The first-order chi connectivity index (χ1) is 38.6. The highest BCUT2D eigenvalue weighted by molar-refractivity contribution is 5.95. The normalized spacial score (nSPS) is 16.2.